The Morgan fingerprint density at radius 1 is 1.45 bits per heavy atom. The average molecular weight is 305 g/mol. The highest BCUT2D eigenvalue weighted by Crippen LogP contribution is 2.15. The lowest BCUT2D eigenvalue weighted by Crippen LogP contribution is -2.51. The van der Waals surface area contributed by atoms with Crippen LogP contribution in [0.5, 0.6) is 0 Å². The van der Waals surface area contributed by atoms with Gasteiger partial charge >= 0.3 is 0 Å². The summed E-state index contributed by atoms with van der Waals surface area (Å²) in [7, 11) is -3.14. The van der Waals surface area contributed by atoms with Crippen LogP contribution in [0.2, 0.25) is 0 Å². The number of nitrogens with one attached hydrogen (secondary N) is 2. The molecule has 0 saturated carbocycles. The van der Waals surface area contributed by atoms with Crippen molar-refractivity contribution in [3.8, 4) is 0 Å². The van der Waals surface area contributed by atoms with Crippen LogP contribution in [-0.2, 0) is 14.8 Å². The molecule has 1 fully saturated rings. The van der Waals surface area contributed by atoms with Gasteiger partial charge in [-0.3, -0.25) is 4.79 Å². The van der Waals surface area contributed by atoms with E-state index >= 15 is 0 Å². The van der Waals surface area contributed by atoms with Crippen molar-refractivity contribution in [1.82, 2.24) is 14.9 Å². The number of carbonyl (C=O) groups excluding carboxylic acids is 1. The Kier molecular flexibility index (Phi) is 6.91. The van der Waals surface area contributed by atoms with Gasteiger partial charge in [0.2, 0.25) is 15.9 Å². The Labute approximate surface area is 122 Å². The minimum absolute atomic E-state index is 0.0274. The molecule has 0 spiro atoms. The fraction of sp³-hybridized carbons (Fsp3) is 0.923. The molecule has 0 aromatic heterocycles. The molecule has 2 unspecified atom stereocenters. The van der Waals surface area contributed by atoms with Gasteiger partial charge < -0.3 is 10.6 Å². The van der Waals surface area contributed by atoms with E-state index in [9.17, 15) is 13.2 Å². The molecule has 1 heterocycles. The molecule has 1 rings (SSSR count). The van der Waals surface area contributed by atoms with Crippen LogP contribution < -0.4 is 10.6 Å². The number of hydrogen-bond acceptors (Lipinski definition) is 4. The fourth-order valence-electron chi connectivity index (χ4n) is 2.54. The van der Waals surface area contributed by atoms with Crippen LogP contribution in [0.25, 0.3) is 0 Å². The first-order valence-electron chi connectivity index (χ1n) is 7.32. The Morgan fingerprint density at radius 2 is 2.15 bits per heavy atom. The summed E-state index contributed by atoms with van der Waals surface area (Å²) in [5, 5.41) is 6.13. The monoisotopic (exact) mass is 305 g/mol. The summed E-state index contributed by atoms with van der Waals surface area (Å²) in [5.74, 6) is 0.381. The van der Waals surface area contributed by atoms with Crippen molar-refractivity contribution < 1.29 is 13.2 Å². The fourth-order valence-corrected chi connectivity index (χ4v) is 3.47. The second kappa shape index (κ2) is 7.95. The molecule has 118 valence electrons. The standard InChI is InChI=1S/C13H27N3O3S/c1-4-16(20(3,18)19)10-6-9-15-13(17)12-11(2)7-5-8-14-12/h11-12,14H,4-10H2,1-3H3,(H,15,17). The first kappa shape index (κ1) is 17.4. The van der Waals surface area contributed by atoms with Gasteiger partial charge in [-0.2, -0.15) is 0 Å². The lowest BCUT2D eigenvalue weighted by atomic mass is 9.92. The summed E-state index contributed by atoms with van der Waals surface area (Å²) in [5.41, 5.74) is 0. The molecule has 7 heteroatoms. The maximum Gasteiger partial charge on any atom is 0.237 e. The summed E-state index contributed by atoms with van der Waals surface area (Å²) in [6.45, 7) is 6.21. The predicted molar refractivity (Wildman–Crippen MR) is 79.9 cm³/mol. The molecule has 0 aromatic carbocycles. The molecule has 20 heavy (non-hydrogen) atoms. The molecule has 1 saturated heterocycles. The summed E-state index contributed by atoms with van der Waals surface area (Å²) in [4.78, 5) is 12.0. The van der Waals surface area contributed by atoms with Gasteiger partial charge in [-0.15, -0.1) is 0 Å². The third-order valence-corrected chi connectivity index (χ3v) is 5.14. The molecule has 0 radical (unpaired) electrons. The Balaban J connectivity index is 2.28. The van der Waals surface area contributed by atoms with Crippen LogP contribution in [0.1, 0.15) is 33.1 Å². The summed E-state index contributed by atoms with van der Waals surface area (Å²) in [6.07, 6.45) is 4.03. The molecular weight excluding hydrogens is 278 g/mol. The SMILES string of the molecule is CCN(CCCNC(=O)C1NCCCC1C)S(C)(=O)=O. The number of carbonyl (C=O) groups is 1. The largest absolute Gasteiger partial charge is 0.355 e. The number of rotatable bonds is 7. The van der Waals surface area contributed by atoms with Gasteiger partial charge in [0.1, 0.15) is 0 Å². The van der Waals surface area contributed by atoms with Crippen molar-refractivity contribution in [2.24, 2.45) is 5.92 Å². The van der Waals surface area contributed by atoms with E-state index < -0.39 is 10.0 Å². The molecule has 1 aliphatic heterocycles. The van der Waals surface area contributed by atoms with Gasteiger partial charge in [-0.05, 0) is 31.7 Å². The van der Waals surface area contributed by atoms with Crippen LogP contribution in [0, 0.1) is 5.92 Å². The van der Waals surface area contributed by atoms with Crippen LogP contribution >= 0.6 is 0 Å². The van der Waals surface area contributed by atoms with E-state index in [0.29, 0.717) is 32.0 Å². The van der Waals surface area contributed by atoms with Crippen molar-refractivity contribution >= 4 is 15.9 Å². The van der Waals surface area contributed by atoms with Crippen LogP contribution in [0.4, 0.5) is 0 Å². The van der Waals surface area contributed by atoms with Crippen molar-refractivity contribution in [1.29, 1.82) is 0 Å². The summed E-state index contributed by atoms with van der Waals surface area (Å²) in [6, 6.07) is -0.110. The van der Waals surface area contributed by atoms with E-state index in [1.807, 2.05) is 6.92 Å². The molecule has 1 amide bonds. The zero-order chi connectivity index (χ0) is 15.2. The molecule has 0 aromatic rings. The number of nitrogens with zero attached hydrogens (tertiary/aromatic N) is 1. The van der Waals surface area contributed by atoms with Crippen LogP contribution in [0.3, 0.4) is 0 Å². The van der Waals surface area contributed by atoms with Crippen molar-refractivity contribution in [2.75, 3.05) is 32.4 Å². The van der Waals surface area contributed by atoms with E-state index in [-0.39, 0.29) is 11.9 Å². The zero-order valence-electron chi connectivity index (χ0n) is 12.7. The highest BCUT2D eigenvalue weighted by atomic mass is 32.2. The Hall–Kier alpha value is -0.660. The van der Waals surface area contributed by atoms with Gasteiger partial charge in [-0.1, -0.05) is 13.8 Å². The van der Waals surface area contributed by atoms with Crippen LogP contribution in [0.15, 0.2) is 0 Å². The number of sulfonamides is 1. The third-order valence-electron chi connectivity index (χ3n) is 3.76. The molecule has 0 bridgehead atoms. The quantitative estimate of drug-likeness (QED) is 0.657. The third kappa shape index (κ3) is 5.38. The second-order valence-corrected chi connectivity index (χ2v) is 7.43. The summed E-state index contributed by atoms with van der Waals surface area (Å²) < 4.78 is 24.2. The maximum absolute atomic E-state index is 12.0. The van der Waals surface area contributed by atoms with Gasteiger partial charge in [0.25, 0.3) is 0 Å². The van der Waals surface area contributed by atoms with E-state index in [2.05, 4.69) is 17.6 Å². The topological polar surface area (TPSA) is 78.5 Å². The Morgan fingerprint density at radius 3 is 2.70 bits per heavy atom. The molecule has 0 aliphatic carbocycles. The minimum atomic E-state index is -3.14. The number of piperidine rings is 1. The molecule has 6 nitrogen and oxygen atoms in total. The van der Waals surface area contributed by atoms with Crippen molar-refractivity contribution in [3.05, 3.63) is 0 Å². The van der Waals surface area contributed by atoms with E-state index in [0.717, 1.165) is 19.4 Å². The first-order chi connectivity index (χ1) is 9.36. The molecule has 1 aliphatic rings. The Bertz CT molecular complexity index is 411. The first-order valence-corrected chi connectivity index (χ1v) is 9.17. The van der Waals surface area contributed by atoms with Gasteiger partial charge in [0.15, 0.2) is 0 Å². The lowest BCUT2D eigenvalue weighted by molar-refractivity contribution is -0.124. The number of amides is 1. The van der Waals surface area contributed by atoms with Gasteiger partial charge in [0.05, 0.1) is 12.3 Å². The highest BCUT2D eigenvalue weighted by Gasteiger charge is 2.26. The van der Waals surface area contributed by atoms with E-state index in [4.69, 9.17) is 0 Å². The van der Waals surface area contributed by atoms with Crippen molar-refractivity contribution in [3.63, 3.8) is 0 Å². The second-order valence-electron chi connectivity index (χ2n) is 5.45. The van der Waals surface area contributed by atoms with Crippen molar-refractivity contribution in [2.45, 2.75) is 39.2 Å². The zero-order valence-corrected chi connectivity index (χ0v) is 13.5. The van der Waals surface area contributed by atoms with E-state index in [1.54, 1.807) is 0 Å². The maximum atomic E-state index is 12.0. The average Bonchev–Trinajstić information content (AvgIpc) is 2.37. The minimum Gasteiger partial charge on any atom is -0.355 e. The molecule has 2 N–H and O–H groups in total. The summed E-state index contributed by atoms with van der Waals surface area (Å²) >= 11 is 0. The van der Waals surface area contributed by atoms with Crippen LogP contribution in [-0.4, -0.2) is 57.1 Å². The lowest BCUT2D eigenvalue weighted by Gasteiger charge is -2.29. The normalized spacial score (nSPS) is 23.8. The van der Waals surface area contributed by atoms with Gasteiger partial charge in [0, 0.05) is 19.6 Å². The highest BCUT2D eigenvalue weighted by molar-refractivity contribution is 7.88. The molecular formula is C13H27N3O3S. The van der Waals surface area contributed by atoms with E-state index in [1.165, 1.54) is 10.6 Å². The molecule has 2 atom stereocenters. The smallest absolute Gasteiger partial charge is 0.237 e. The predicted octanol–water partition coefficient (Wildman–Crippen LogP) is 0.162. The van der Waals surface area contributed by atoms with Gasteiger partial charge in [-0.25, -0.2) is 12.7 Å². The number of hydrogen-bond donors (Lipinski definition) is 2.